The minimum absolute atomic E-state index is 0.0353. The molecule has 8 heteroatoms. The van der Waals surface area contributed by atoms with Crippen molar-refractivity contribution in [3.05, 3.63) is 34.9 Å². The summed E-state index contributed by atoms with van der Waals surface area (Å²) < 4.78 is 74.4. The number of hydrogen-bond acceptors (Lipinski definition) is 1. The number of rotatable bonds is 1. The van der Waals surface area contributed by atoms with Crippen LogP contribution >= 0.6 is 0 Å². The number of amides is 1. The molecule has 0 bridgehead atoms. The van der Waals surface area contributed by atoms with Crippen molar-refractivity contribution in [2.24, 2.45) is 0 Å². The summed E-state index contributed by atoms with van der Waals surface area (Å²) in [6, 6.07) is 0.703. The lowest BCUT2D eigenvalue weighted by molar-refractivity contribution is -0.143. The van der Waals surface area contributed by atoms with Crippen LogP contribution in [-0.2, 0) is 12.4 Å². The van der Waals surface area contributed by atoms with Crippen molar-refractivity contribution in [2.45, 2.75) is 26.2 Å². The molecule has 0 aromatic heterocycles. The molecule has 0 fully saturated rings. The summed E-state index contributed by atoms with van der Waals surface area (Å²) >= 11 is 0. The molecule has 0 heterocycles. The van der Waals surface area contributed by atoms with Gasteiger partial charge in [-0.15, -0.1) is 0 Å². The van der Waals surface area contributed by atoms with E-state index >= 15 is 0 Å². The van der Waals surface area contributed by atoms with Gasteiger partial charge in [-0.1, -0.05) is 13.8 Å². The van der Waals surface area contributed by atoms with Gasteiger partial charge in [-0.2, -0.15) is 26.3 Å². The minimum atomic E-state index is -4.95. The Morgan fingerprint density at radius 1 is 0.900 bits per heavy atom. The minimum Gasteiger partial charge on any atom is -0.355 e. The van der Waals surface area contributed by atoms with Crippen LogP contribution in [-0.4, -0.2) is 13.0 Å². The van der Waals surface area contributed by atoms with Gasteiger partial charge in [-0.3, -0.25) is 4.79 Å². The van der Waals surface area contributed by atoms with E-state index in [0.29, 0.717) is 12.1 Å². The van der Waals surface area contributed by atoms with Crippen LogP contribution in [0, 0.1) is 0 Å². The zero-order valence-electron chi connectivity index (χ0n) is 10.9. The lowest BCUT2D eigenvalue weighted by Gasteiger charge is -2.13. The molecule has 0 spiro atoms. The molecule has 114 valence electrons. The highest BCUT2D eigenvalue weighted by Gasteiger charge is 2.37. The standard InChI is InChI=1S/C10H7F6NO.C2H6/c1-17-8(18)5-2-6(9(11,12)13)4-7(3-5)10(14,15)16;1-2/h2-4H,1H3,(H,17,18);1-2H3. The van der Waals surface area contributed by atoms with Crippen LogP contribution in [0.1, 0.15) is 35.3 Å². The van der Waals surface area contributed by atoms with E-state index in [2.05, 4.69) is 0 Å². The summed E-state index contributed by atoms with van der Waals surface area (Å²) in [6.07, 6.45) is -9.91. The van der Waals surface area contributed by atoms with Crippen molar-refractivity contribution in [3.8, 4) is 0 Å². The average molecular weight is 301 g/mol. The molecule has 1 aromatic rings. The lowest BCUT2D eigenvalue weighted by atomic mass is 10.0. The average Bonchev–Trinajstić information content (AvgIpc) is 2.37. The number of nitrogens with one attached hydrogen (secondary N) is 1. The predicted molar refractivity (Wildman–Crippen MR) is 61.2 cm³/mol. The van der Waals surface area contributed by atoms with Gasteiger partial charge < -0.3 is 5.32 Å². The maximum absolute atomic E-state index is 12.4. The second-order valence-corrected chi connectivity index (χ2v) is 3.37. The van der Waals surface area contributed by atoms with E-state index in [0.717, 1.165) is 7.05 Å². The third-order valence-electron chi connectivity index (χ3n) is 2.08. The molecule has 0 radical (unpaired) electrons. The summed E-state index contributed by atoms with van der Waals surface area (Å²) in [5.41, 5.74) is -3.73. The molecular weight excluding hydrogens is 288 g/mol. The Morgan fingerprint density at radius 3 is 1.50 bits per heavy atom. The van der Waals surface area contributed by atoms with E-state index in [-0.39, 0.29) is 6.07 Å². The van der Waals surface area contributed by atoms with Crippen LogP contribution in [0.4, 0.5) is 26.3 Å². The van der Waals surface area contributed by atoms with Crippen LogP contribution in [0.5, 0.6) is 0 Å². The second kappa shape index (κ2) is 6.62. The molecule has 0 saturated carbocycles. The SMILES string of the molecule is CC.CNC(=O)c1cc(C(F)(F)F)cc(C(F)(F)F)c1. The molecule has 1 aromatic carbocycles. The van der Waals surface area contributed by atoms with Crippen molar-refractivity contribution in [1.82, 2.24) is 5.32 Å². The Hall–Kier alpha value is -1.73. The van der Waals surface area contributed by atoms with Crippen molar-refractivity contribution < 1.29 is 31.1 Å². The molecule has 0 aliphatic rings. The molecule has 1 N–H and O–H groups in total. The van der Waals surface area contributed by atoms with Crippen LogP contribution in [0.15, 0.2) is 18.2 Å². The maximum Gasteiger partial charge on any atom is 0.416 e. The Balaban J connectivity index is 0.00000172. The van der Waals surface area contributed by atoms with E-state index in [1.165, 1.54) is 0 Å². The number of hydrogen-bond donors (Lipinski definition) is 1. The molecule has 0 atom stereocenters. The van der Waals surface area contributed by atoms with E-state index < -0.39 is 35.0 Å². The van der Waals surface area contributed by atoms with Crippen LogP contribution in [0.25, 0.3) is 0 Å². The van der Waals surface area contributed by atoms with Gasteiger partial charge >= 0.3 is 12.4 Å². The van der Waals surface area contributed by atoms with E-state index in [1.807, 2.05) is 19.2 Å². The molecule has 20 heavy (non-hydrogen) atoms. The third kappa shape index (κ3) is 4.75. The monoisotopic (exact) mass is 301 g/mol. The van der Waals surface area contributed by atoms with Gasteiger partial charge in [0.05, 0.1) is 11.1 Å². The van der Waals surface area contributed by atoms with Gasteiger partial charge in [-0.25, -0.2) is 0 Å². The summed E-state index contributed by atoms with van der Waals surface area (Å²) in [4.78, 5) is 11.1. The summed E-state index contributed by atoms with van der Waals surface area (Å²) in [7, 11) is 1.11. The van der Waals surface area contributed by atoms with Gasteiger partial charge in [0.25, 0.3) is 5.91 Å². The number of alkyl halides is 6. The van der Waals surface area contributed by atoms with Gasteiger partial charge in [0.1, 0.15) is 0 Å². The first-order chi connectivity index (χ1) is 9.05. The van der Waals surface area contributed by atoms with Crippen LogP contribution in [0.2, 0.25) is 0 Å². The fourth-order valence-corrected chi connectivity index (χ4v) is 1.23. The summed E-state index contributed by atoms with van der Waals surface area (Å²) in [6.45, 7) is 4.00. The first-order valence-corrected chi connectivity index (χ1v) is 5.57. The van der Waals surface area contributed by atoms with Crippen LogP contribution in [0.3, 0.4) is 0 Å². The van der Waals surface area contributed by atoms with Crippen molar-refractivity contribution in [3.63, 3.8) is 0 Å². The van der Waals surface area contributed by atoms with E-state index in [9.17, 15) is 31.1 Å². The first-order valence-electron chi connectivity index (χ1n) is 5.57. The van der Waals surface area contributed by atoms with Gasteiger partial charge in [0.2, 0.25) is 0 Å². The van der Waals surface area contributed by atoms with Crippen molar-refractivity contribution in [1.29, 1.82) is 0 Å². The molecule has 1 rings (SSSR count). The van der Waals surface area contributed by atoms with Gasteiger partial charge in [0, 0.05) is 12.6 Å². The second-order valence-electron chi connectivity index (χ2n) is 3.37. The van der Waals surface area contributed by atoms with Crippen molar-refractivity contribution >= 4 is 5.91 Å². The smallest absolute Gasteiger partial charge is 0.355 e. The molecular formula is C12H13F6NO. The lowest BCUT2D eigenvalue weighted by Crippen LogP contribution is -2.20. The van der Waals surface area contributed by atoms with Gasteiger partial charge in [0.15, 0.2) is 0 Å². The van der Waals surface area contributed by atoms with E-state index in [4.69, 9.17) is 0 Å². The number of carbonyl (C=O) groups is 1. The number of carbonyl (C=O) groups excluding carboxylic acids is 1. The molecule has 0 saturated heterocycles. The Bertz CT molecular complexity index is 432. The molecule has 0 aliphatic heterocycles. The topological polar surface area (TPSA) is 29.1 Å². The zero-order chi connectivity index (χ0) is 16.1. The molecule has 1 amide bonds. The summed E-state index contributed by atoms with van der Waals surface area (Å²) in [5.74, 6) is -1.02. The third-order valence-corrected chi connectivity index (χ3v) is 2.08. The largest absolute Gasteiger partial charge is 0.416 e. The highest BCUT2D eigenvalue weighted by Crippen LogP contribution is 2.36. The Kier molecular flexibility index (Phi) is 6.05. The summed E-state index contributed by atoms with van der Waals surface area (Å²) in [5, 5.41) is 1.96. The number of benzene rings is 1. The number of halogens is 6. The fraction of sp³-hybridized carbons (Fsp3) is 0.417. The fourth-order valence-electron chi connectivity index (χ4n) is 1.23. The first kappa shape index (κ1) is 18.3. The molecule has 0 aliphatic carbocycles. The quantitative estimate of drug-likeness (QED) is 0.777. The van der Waals surface area contributed by atoms with E-state index in [1.54, 1.807) is 0 Å². The van der Waals surface area contributed by atoms with Gasteiger partial charge in [-0.05, 0) is 18.2 Å². The predicted octanol–water partition coefficient (Wildman–Crippen LogP) is 4.11. The molecule has 0 unspecified atom stereocenters. The van der Waals surface area contributed by atoms with Crippen molar-refractivity contribution in [2.75, 3.05) is 7.05 Å². The van der Waals surface area contributed by atoms with Crippen LogP contribution < -0.4 is 5.32 Å². The highest BCUT2D eigenvalue weighted by molar-refractivity contribution is 5.94. The Labute approximate surface area is 111 Å². The molecule has 2 nitrogen and oxygen atoms in total. The highest BCUT2D eigenvalue weighted by atomic mass is 19.4. The normalized spacial score (nSPS) is 11.4. The zero-order valence-corrected chi connectivity index (χ0v) is 10.9. The Morgan fingerprint density at radius 2 is 1.25 bits per heavy atom. The maximum atomic E-state index is 12.4.